The molecular weight excluding hydrogens is 430 g/mol. The number of nitrogens with one attached hydrogen (secondary N) is 1. The maximum absolute atomic E-state index is 12.8. The molecule has 3 rings (SSSR count). The second-order valence-corrected chi connectivity index (χ2v) is 7.68. The number of benzene rings is 2. The first kappa shape index (κ1) is 23.0. The lowest BCUT2D eigenvalue weighted by Gasteiger charge is -2.15. The number of ether oxygens (including phenoxy) is 3. The van der Waals surface area contributed by atoms with Crippen LogP contribution in [0.3, 0.4) is 0 Å². The lowest BCUT2D eigenvalue weighted by molar-refractivity contribution is 0.0475. The van der Waals surface area contributed by atoms with E-state index < -0.39 is 12.6 Å². The first-order valence-corrected chi connectivity index (χ1v) is 10.7. The van der Waals surface area contributed by atoms with E-state index in [0.29, 0.717) is 16.2 Å². The third kappa shape index (κ3) is 5.33. The quantitative estimate of drug-likeness (QED) is 0.376. The van der Waals surface area contributed by atoms with Crippen LogP contribution in [0.2, 0.25) is 0 Å². The van der Waals surface area contributed by atoms with Crippen LogP contribution in [0.1, 0.15) is 42.9 Å². The van der Waals surface area contributed by atoms with Crippen molar-refractivity contribution in [2.45, 2.75) is 13.3 Å². The molecule has 0 fully saturated rings. The van der Waals surface area contributed by atoms with E-state index in [1.807, 2.05) is 19.1 Å². The monoisotopic (exact) mass is 453 g/mol. The van der Waals surface area contributed by atoms with Gasteiger partial charge in [0.25, 0.3) is 5.91 Å². The van der Waals surface area contributed by atoms with Crippen molar-refractivity contribution >= 4 is 34.7 Å². The van der Waals surface area contributed by atoms with Crippen LogP contribution < -0.4 is 14.8 Å². The fourth-order valence-corrected chi connectivity index (χ4v) is 3.58. The predicted molar refractivity (Wildman–Crippen MR) is 122 cm³/mol. The molecule has 32 heavy (non-hydrogen) atoms. The summed E-state index contributed by atoms with van der Waals surface area (Å²) in [6, 6.07) is 13.4. The summed E-state index contributed by atoms with van der Waals surface area (Å²) >= 11 is 1.27. The molecule has 1 heterocycles. The highest BCUT2D eigenvalue weighted by Crippen LogP contribution is 2.34. The van der Waals surface area contributed by atoms with Gasteiger partial charge in [-0.1, -0.05) is 37.3 Å². The highest BCUT2D eigenvalue weighted by atomic mass is 32.1. The van der Waals surface area contributed by atoms with E-state index in [9.17, 15) is 14.4 Å². The first-order valence-electron chi connectivity index (χ1n) is 9.87. The number of carbonyl (C=O) groups excluding carboxylic acids is 3. The number of thiophene rings is 1. The van der Waals surface area contributed by atoms with E-state index >= 15 is 0 Å². The minimum atomic E-state index is -0.772. The van der Waals surface area contributed by atoms with Crippen molar-refractivity contribution in [3.05, 3.63) is 75.5 Å². The van der Waals surface area contributed by atoms with Gasteiger partial charge in [0, 0.05) is 17.7 Å². The molecule has 166 valence electrons. The van der Waals surface area contributed by atoms with E-state index in [1.165, 1.54) is 37.7 Å². The van der Waals surface area contributed by atoms with Gasteiger partial charge in [-0.25, -0.2) is 4.79 Å². The third-order valence-corrected chi connectivity index (χ3v) is 5.62. The molecule has 0 saturated carbocycles. The lowest BCUT2D eigenvalue weighted by Crippen LogP contribution is -2.18. The number of esters is 1. The van der Waals surface area contributed by atoms with E-state index in [-0.39, 0.29) is 28.7 Å². The summed E-state index contributed by atoms with van der Waals surface area (Å²) in [6.45, 7) is 1.59. The number of ketones is 1. The summed E-state index contributed by atoms with van der Waals surface area (Å²) in [5.41, 5.74) is 1.79. The maximum atomic E-state index is 12.8. The van der Waals surface area contributed by atoms with Gasteiger partial charge >= 0.3 is 5.97 Å². The molecule has 0 unspecified atom stereocenters. The van der Waals surface area contributed by atoms with Crippen LogP contribution in [-0.4, -0.2) is 38.5 Å². The van der Waals surface area contributed by atoms with Crippen LogP contribution in [-0.2, 0) is 11.2 Å². The van der Waals surface area contributed by atoms with Crippen LogP contribution >= 0.6 is 11.3 Å². The van der Waals surface area contributed by atoms with Gasteiger partial charge in [0.05, 0.1) is 30.3 Å². The molecule has 0 atom stereocenters. The first-order chi connectivity index (χ1) is 15.5. The minimum Gasteiger partial charge on any atom is -0.493 e. The molecule has 2 aromatic carbocycles. The van der Waals surface area contributed by atoms with Gasteiger partial charge in [-0.2, -0.15) is 0 Å². The molecule has 0 aliphatic rings. The molecule has 1 N–H and O–H groups in total. The van der Waals surface area contributed by atoms with Crippen molar-refractivity contribution in [2.24, 2.45) is 0 Å². The maximum Gasteiger partial charge on any atom is 0.340 e. The summed E-state index contributed by atoms with van der Waals surface area (Å²) in [5, 5.41) is 4.48. The van der Waals surface area contributed by atoms with E-state index in [0.717, 1.165) is 12.0 Å². The van der Waals surface area contributed by atoms with Crippen LogP contribution in [0.4, 0.5) is 5.69 Å². The second kappa shape index (κ2) is 10.6. The molecule has 0 bridgehead atoms. The smallest absolute Gasteiger partial charge is 0.340 e. The average Bonchev–Trinajstić information content (AvgIpc) is 3.37. The van der Waals surface area contributed by atoms with Crippen molar-refractivity contribution < 1.29 is 28.6 Å². The summed E-state index contributed by atoms with van der Waals surface area (Å²) in [6.07, 6.45) is 0.864. The summed E-state index contributed by atoms with van der Waals surface area (Å²) in [4.78, 5) is 38.3. The molecule has 1 amide bonds. The van der Waals surface area contributed by atoms with Crippen LogP contribution in [0, 0.1) is 0 Å². The highest BCUT2D eigenvalue weighted by molar-refractivity contribution is 7.12. The van der Waals surface area contributed by atoms with Crippen LogP contribution in [0.5, 0.6) is 11.5 Å². The normalized spacial score (nSPS) is 10.3. The molecule has 0 saturated heterocycles. The number of anilines is 1. The Bertz CT molecular complexity index is 1110. The fourth-order valence-electron chi connectivity index (χ4n) is 2.96. The van der Waals surface area contributed by atoms with E-state index in [2.05, 4.69) is 5.32 Å². The Balaban J connectivity index is 1.81. The zero-order valence-electron chi connectivity index (χ0n) is 18.0. The molecule has 8 heteroatoms. The standard InChI is InChI=1S/C24H23NO6S/c1-4-15-7-9-16(10-8-15)19(26)14-31-24(28)17-12-20(29-2)21(30-3)13-18(17)25-23(27)22-6-5-11-32-22/h5-13H,4,14H2,1-3H3,(H,25,27). The number of hydrogen-bond donors (Lipinski definition) is 1. The predicted octanol–water partition coefficient (Wildman–Crippen LogP) is 4.62. The van der Waals surface area contributed by atoms with Gasteiger partial charge in [-0.15, -0.1) is 11.3 Å². The summed E-state index contributed by atoms with van der Waals surface area (Å²) in [7, 11) is 2.88. The zero-order valence-corrected chi connectivity index (χ0v) is 18.8. The Morgan fingerprint density at radius 3 is 2.25 bits per heavy atom. The summed E-state index contributed by atoms with van der Waals surface area (Å²) < 4.78 is 15.8. The number of hydrogen-bond acceptors (Lipinski definition) is 7. The molecule has 0 aliphatic carbocycles. The Hall–Kier alpha value is -3.65. The Labute approximate surface area is 189 Å². The molecule has 3 aromatic rings. The van der Waals surface area contributed by atoms with Gasteiger partial charge in [-0.3, -0.25) is 9.59 Å². The number of methoxy groups -OCH3 is 2. The Kier molecular flexibility index (Phi) is 7.62. The Morgan fingerprint density at radius 2 is 1.66 bits per heavy atom. The zero-order chi connectivity index (χ0) is 23.1. The fraction of sp³-hybridized carbons (Fsp3) is 0.208. The van der Waals surface area contributed by atoms with Crippen molar-refractivity contribution in [1.82, 2.24) is 0 Å². The van der Waals surface area contributed by atoms with Crippen molar-refractivity contribution in [1.29, 1.82) is 0 Å². The van der Waals surface area contributed by atoms with Gasteiger partial charge in [0.1, 0.15) is 0 Å². The van der Waals surface area contributed by atoms with Gasteiger partial charge < -0.3 is 19.5 Å². The molecular formula is C24H23NO6S. The number of Topliss-reactive ketones (excluding diaryl/α,β-unsaturated/α-hetero) is 1. The third-order valence-electron chi connectivity index (χ3n) is 4.76. The van der Waals surface area contributed by atoms with Crippen LogP contribution in [0.25, 0.3) is 0 Å². The van der Waals surface area contributed by atoms with Crippen molar-refractivity contribution in [2.75, 3.05) is 26.1 Å². The molecule has 0 spiro atoms. The molecule has 0 radical (unpaired) electrons. The molecule has 0 aliphatic heterocycles. The topological polar surface area (TPSA) is 90.9 Å². The van der Waals surface area contributed by atoms with Crippen LogP contribution in [0.15, 0.2) is 53.9 Å². The number of amides is 1. The van der Waals surface area contributed by atoms with Crippen molar-refractivity contribution in [3.63, 3.8) is 0 Å². The van der Waals surface area contributed by atoms with Gasteiger partial charge in [-0.05, 0) is 23.4 Å². The summed E-state index contributed by atoms with van der Waals surface area (Å²) in [5.74, 6) is -0.863. The van der Waals surface area contributed by atoms with Gasteiger partial charge in [0.2, 0.25) is 0 Å². The number of aryl methyl sites for hydroxylation is 1. The Morgan fingerprint density at radius 1 is 0.969 bits per heavy atom. The lowest BCUT2D eigenvalue weighted by atomic mass is 10.1. The SMILES string of the molecule is CCc1ccc(C(=O)COC(=O)c2cc(OC)c(OC)cc2NC(=O)c2cccs2)cc1. The van der Waals surface area contributed by atoms with E-state index in [1.54, 1.807) is 29.6 Å². The average molecular weight is 454 g/mol. The molecule has 1 aromatic heterocycles. The van der Waals surface area contributed by atoms with Gasteiger partial charge in [0.15, 0.2) is 23.9 Å². The largest absolute Gasteiger partial charge is 0.493 e. The second-order valence-electron chi connectivity index (χ2n) is 6.73. The van der Waals surface area contributed by atoms with E-state index in [4.69, 9.17) is 14.2 Å². The molecule has 7 nitrogen and oxygen atoms in total. The minimum absolute atomic E-state index is 0.0432. The van der Waals surface area contributed by atoms with Crippen molar-refractivity contribution in [3.8, 4) is 11.5 Å². The number of rotatable bonds is 9. The number of carbonyl (C=O) groups is 3. The highest BCUT2D eigenvalue weighted by Gasteiger charge is 2.21.